The van der Waals surface area contributed by atoms with Gasteiger partial charge >= 0.3 is 0 Å². The molecule has 0 saturated carbocycles. The van der Waals surface area contributed by atoms with Crippen molar-refractivity contribution in [3.8, 4) is 11.1 Å². The smallest absolute Gasteiger partial charge is 0.261 e. The normalized spacial score (nSPS) is 12.3. The molecule has 144 valence electrons. The first-order valence-electron chi connectivity index (χ1n) is 8.65. The van der Waals surface area contributed by atoms with Gasteiger partial charge in [0, 0.05) is 0 Å². The molecule has 28 heavy (non-hydrogen) atoms. The molecule has 3 aromatic carbocycles. The van der Waals surface area contributed by atoms with E-state index in [0.29, 0.717) is 0 Å². The fraction of sp³-hybridized carbons (Fsp3) is 0.0952. The van der Waals surface area contributed by atoms with Crippen molar-refractivity contribution in [2.75, 3.05) is 0 Å². The van der Waals surface area contributed by atoms with Gasteiger partial charge in [-0.3, -0.25) is 10.0 Å². The lowest BCUT2D eigenvalue weighted by atomic mass is 10.1. The summed E-state index contributed by atoms with van der Waals surface area (Å²) in [5.74, 6) is -0.827. The fourth-order valence-electron chi connectivity index (χ4n) is 2.84. The third-order valence-corrected chi connectivity index (χ3v) is 5.73. The van der Waals surface area contributed by atoms with Crippen LogP contribution in [0, 0.1) is 0 Å². The number of benzene rings is 3. The van der Waals surface area contributed by atoms with Crippen LogP contribution in [-0.4, -0.2) is 25.6 Å². The average Bonchev–Trinajstić information content (AvgIpc) is 2.74. The van der Waals surface area contributed by atoms with E-state index in [1.54, 1.807) is 36.4 Å². The summed E-state index contributed by atoms with van der Waals surface area (Å²) in [6, 6.07) is 23.7. The summed E-state index contributed by atoms with van der Waals surface area (Å²) in [5, 5.41) is 9.01. The Labute approximate surface area is 163 Å². The van der Waals surface area contributed by atoms with Crippen molar-refractivity contribution in [3.05, 3.63) is 90.5 Å². The number of nitrogens with one attached hydrogen (secondary N) is 2. The van der Waals surface area contributed by atoms with Gasteiger partial charge in [-0.05, 0) is 35.2 Å². The molecule has 0 aliphatic heterocycles. The van der Waals surface area contributed by atoms with Gasteiger partial charge in [0.25, 0.3) is 5.91 Å². The molecule has 6 nitrogen and oxygen atoms in total. The first-order valence-corrected chi connectivity index (χ1v) is 10.1. The van der Waals surface area contributed by atoms with E-state index in [9.17, 15) is 13.2 Å². The van der Waals surface area contributed by atoms with Crippen LogP contribution in [0.3, 0.4) is 0 Å². The van der Waals surface area contributed by atoms with Crippen LogP contribution >= 0.6 is 0 Å². The minimum atomic E-state index is -3.99. The van der Waals surface area contributed by atoms with E-state index >= 15 is 0 Å². The molecule has 0 aliphatic rings. The number of hydrogen-bond acceptors (Lipinski definition) is 4. The Bertz CT molecular complexity index is 1040. The van der Waals surface area contributed by atoms with Crippen LogP contribution in [0.4, 0.5) is 0 Å². The summed E-state index contributed by atoms with van der Waals surface area (Å²) in [5.41, 5.74) is 3.92. The third-order valence-electron chi connectivity index (χ3n) is 4.26. The molecule has 0 aliphatic carbocycles. The molecule has 1 atom stereocenters. The van der Waals surface area contributed by atoms with Crippen LogP contribution in [0.5, 0.6) is 0 Å². The van der Waals surface area contributed by atoms with Gasteiger partial charge < -0.3 is 0 Å². The van der Waals surface area contributed by atoms with Crippen molar-refractivity contribution in [3.63, 3.8) is 0 Å². The van der Waals surface area contributed by atoms with E-state index in [1.807, 2.05) is 42.5 Å². The first-order chi connectivity index (χ1) is 13.5. The molecular formula is C21H20N2O4S. The van der Waals surface area contributed by atoms with Gasteiger partial charge in [0.05, 0.1) is 4.90 Å². The topological polar surface area (TPSA) is 95.5 Å². The van der Waals surface area contributed by atoms with Crippen molar-refractivity contribution < 1.29 is 18.4 Å². The van der Waals surface area contributed by atoms with E-state index < -0.39 is 22.0 Å². The Kier molecular flexibility index (Phi) is 6.20. The highest BCUT2D eigenvalue weighted by Crippen LogP contribution is 2.22. The number of amides is 1. The largest absolute Gasteiger partial charge is 0.289 e. The molecule has 0 saturated heterocycles. The Morgan fingerprint density at radius 3 is 2.11 bits per heavy atom. The number of rotatable bonds is 7. The van der Waals surface area contributed by atoms with Gasteiger partial charge in [0.15, 0.2) is 0 Å². The third kappa shape index (κ3) is 4.83. The molecule has 0 heterocycles. The lowest BCUT2D eigenvalue weighted by Crippen LogP contribution is -2.47. The Morgan fingerprint density at radius 1 is 0.857 bits per heavy atom. The molecule has 0 fully saturated rings. The van der Waals surface area contributed by atoms with E-state index in [1.165, 1.54) is 11.5 Å². The zero-order chi connectivity index (χ0) is 20.0. The van der Waals surface area contributed by atoms with Crippen LogP contribution in [0.2, 0.25) is 0 Å². The summed E-state index contributed by atoms with van der Waals surface area (Å²) in [7, 11) is -3.99. The summed E-state index contributed by atoms with van der Waals surface area (Å²) in [4.78, 5) is 12.1. The van der Waals surface area contributed by atoms with Gasteiger partial charge in [-0.1, -0.05) is 72.8 Å². The van der Waals surface area contributed by atoms with Crippen molar-refractivity contribution in [1.82, 2.24) is 10.2 Å². The molecule has 3 aromatic rings. The number of hydroxylamine groups is 1. The van der Waals surface area contributed by atoms with Gasteiger partial charge in [-0.2, -0.15) is 4.72 Å². The number of carbonyl (C=O) groups is 1. The molecule has 0 radical (unpaired) electrons. The predicted molar refractivity (Wildman–Crippen MR) is 106 cm³/mol. The van der Waals surface area contributed by atoms with E-state index in [4.69, 9.17) is 5.21 Å². The summed E-state index contributed by atoms with van der Waals surface area (Å²) in [6.45, 7) is 0. The second kappa shape index (κ2) is 8.79. The lowest BCUT2D eigenvalue weighted by Gasteiger charge is -2.17. The highest BCUT2D eigenvalue weighted by atomic mass is 32.2. The first kappa shape index (κ1) is 19.8. The standard InChI is InChI=1S/C21H20N2O4S/c24-21(22-25)20(14-16-8-3-1-4-9-16)23-28(26,27)19-13-7-12-18(15-19)17-10-5-2-6-11-17/h1-13,15,20,23,25H,14H2,(H,22,24). The van der Waals surface area contributed by atoms with Gasteiger partial charge in [-0.15, -0.1) is 0 Å². The van der Waals surface area contributed by atoms with E-state index in [2.05, 4.69) is 4.72 Å². The molecule has 3 rings (SSSR count). The molecule has 1 unspecified atom stereocenters. The lowest BCUT2D eigenvalue weighted by molar-refractivity contribution is -0.130. The average molecular weight is 396 g/mol. The van der Waals surface area contributed by atoms with Crippen LogP contribution in [0.25, 0.3) is 11.1 Å². The van der Waals surface area contributed by atoms with Crippen LogP contribution in [0.1, 0.15) is 5.56 Å². The molecule has 0 spiro atoms. The zero-order valence-electron chi connectivity index (χ0n) is 14.9. The monoisotopic (exact) mass is 396 g/mol. The van der Waals surface area contributed by atoms with Crippen LogP contribution in [-0.2, 0) is 21.2 Å². The maximum Gasteiger partial charge on any atom is 0.261 e. The second-order valence-electron chi connectivity index (χ2n) is 6.23. The summed E-state index contributed by atoms with van der Waals surface area (Å²) >= 11 is 0. The van der Waals surface area contributed by atoms with Gasteiger partial charge in [-0.25, -0.2) is 13.9 Å². The number of hydrogen-bond donors (Lipinski definition) is 3. The van der Waals surface area contributed by atoms with E-state index in [0.717, 1.165) is 16.7 Å². The number of carbonyl (C=O) groups excluding carboxylic acids is 1. The predicted octanol–water partition coefficient (Wildman–Crippen LogP) is 2.75. The summed E-state index contributed by atoms with van der Waals surface area (Å²) in [6.07, 6.45) is 0.102. The van der Waals surface area contributed by atoms with Crippen molar-refractivity contribution >= 4 is 15.9 Å². The Hall–Kier alpha value is -3.00. The molecule has 3 N–H and O–H groups in total. The minimum Gasteiger partial charge on any atom is -0.289 e. The number of sulfonamides is 1. The minimum absolute atomic E-state index is 0.0395. The molecule has 0 aromatic heterocycles. The maximum atomic E-state index is 12.9. The molecular weight excluding hydrogens is 376 g/mol. The quantitative estimate of drug-likeness (QED) is 0.423. The molecule has 1 amide bonds. The van der Waals surface area contributed by atoms with Crippen molar-refractivity contribution in [1.29, 1.82) is 0 Å². The van der Waals surface area contributed by atoms with Crippen molar-refractivity contribution in [2.24, 2.45) is 0 Å². The maximum absolute atomic E-state index is 12.9. The zero-order valence-corrected chi connectivity index (χ0v) is 15.8. The van der Waals surface area contributed by atoms with Gasteiger partial charge in [0.2, 0.25) is 10.0 Å². The Morgan fingerprint density at radius 2 is 1.46 bits per heavy atom. The van der Waals surface area contributed by atoms with Gasteiger partial charge in [0.1, 0.15) is 6.04 Å². The van der Waals surface area contributed by atoms with Crippen LogP contribution in [0.15, 0.2) is 89.8 Å². The van der Waals surface area contributed by atoms with Crippen molar-refractivity contribution in [2.45, 2.75) is 17.4 Å². The SMILES string of the molecule is O=C(NO)C(Cc1ccccc1)NS(=O)(=O)c1cccc(-c2ccccc2)c1. The highest BCUT2D eigenvalue weighted by Gasteiger charge is 2.26. The van der Waals surface area contributed by atoms with Crippen LogP contribution < -0.4 is 10.2 Å². The second-order valence-corrected chi connectivity index (χ2v) is 7.95. The van der Waals surface area contributed by atoms with E-state index in [-0.39, 0.29) is 11.3 Å². The summed E-state index contributed by atoms with van der Waals surface area (Å²) < 4.78 is 28.1. The molecule has 7 heteroatoms. The highest BCUT2D eigenvalue weighted by molar-refractivity contribution is 7.89. The molecule has 0 bridgehead atoms. The fourth-order valence-corrected chi connectivity index (χ4v) is 4.09. The Balaban J connectivity index is 1.87.